The molecule has 2 aliphatic heterocycles. The Morgan fingerprint density at radius 2 is 1.81 bits per heavy atom. The SMILES string of the molecule is C[C@@H]1CN([C@H](C)CO)C(=O)Cc2cc(NC(=O)CCN3CCOCC3)ccc2O[C@@H]1CN(C)C(=O)Nc1ccc(F)cc1. The molecule has 1 saturated heterocycles. The Hall–Kier alpha value is -3.74. The first kappa shape index (κ1) is 32.2. The van der Waals surface area contributed by atoms with Crippen molar-refractivity contribution in [2.45, 2.75) is 38.8 Å². The van der Waals surface area contributed by atoms with Crippen LogP contribution in [-0.4, -0.2) is 109 Å². The van der Waals surface area contributed by atoms with Gasteiger partial charge in [0.05, 0.1) is 38.8 Å². The van der Waals surface area contributed by atoms with E-state index in [-0.39, 0.29) is 37.3 Å². The number of carbonyl (C=O) groups is 3. The monoisotopic (exact) mass is 599 g/mol. The van der Waals surface area contributed by atoms with Crippen molar-refractivity contribution in [3.63, 3.8) is 0 Å². The van der Waals surface area contributed by atoms with Crippen LogP contribution in [0.4, 0.5) is 20.6 Å². The van der Waals surface area contributed by atoms with Gasteiger partial charge in [-0.2, -0.15) is 0 Å². The Morgan fingerprint density at radius 3 is 2.51 bits per heavy atom. The number of fused-ring (bicyclic) bond motifs is 1. The summed E-state index contributed by atoms with van der Waals surface area (Å²) in [7, 11) is 1.64. The summed E-state index contributed by atoms with van der Waals surface area (Å²) in [5.74, 6) is -0.411. The number of aliphatic hydroxyl groups is 1. The summed E-state index contributed by atoms with van der Waals surface area (Å²) in [4.78, 5) is 44.4. The van der Waals surface area contributed by atoms with Crippen LogP contribution in [0.5, 0.6) is 5.75 Å². The van der Waals surface area contributed by atoms with Crippen molar-refractivity contribution in [3.8, 4) is 5.75 Å². The molecule has 2 aromatic rings. The van der Waals surface area contributed by atoms with Gasteiger partial charge in [-0.1, -0.05) is 6.92 Å². The minimum Gasteiger partial charge on any atom is -0.488 e. The van der Waals surface area contributed by atoms with E-state index in [0.717, 1.165) is 13.1 Å². The van der Waals surface area contributed by atoms with Crippen molar-refractivity contribution >= 4 is 29.2 Å². The number of morpholine rings is 1. The summed E-state index contributed by atoms with van der Waals surface area (Å²) in [6.45, 7) is 7.62. The van der Waals surface area contributed by atoms with Crippen LogP contribution in [0.2, 0.25) is 0 Å². The lowest BCUT2D eigenvalue weighted by molar-refractivity contribution is -0.134. The highest BCUT2D eigenvalue weighted by atomic mass is 19.1. The van der Waals surface area contributed by atoms with E-state index in [9.17, 15) is 23.9 Å². The first-order valence-electron chi connectivity index (χ1n) is 14.7. The number of nitrogens with zero attached hydrogens (tertiary/aromatic N) is 3. The van der Waals surface area contributed by atoms with Gasteiger partial charge in [0.1, 0.15) is 17.7 Å². The van der Waals surface area contributed by atoms with Gasteiger partial charge >= 0.3 is 6.03 Å². The number of halogens is 1. The highest BCUT2D eigenvalue weighted by molar-refractivity contribution is 5.91. The number of benzene rings is 2. The van der Waals surface area contributed by atoms with Crippen molar-refractivity contribution in [3.05, 3.63) is 53.8 Å². The molecule has 0 spiro atoms. The van der Waals surface area contributed by atoms with Gasteiger partial charge in [0.25, 0.3) is 0 Å². The van der Waals surface area contributed by atoms with Crippen molar-refractivity contribution in [2.75, 3.05) is 70.2 Å². The molecular formula is C31H42FN5O6. The van der Waals surface area contributed by atoms with Crippen molar-refractivity contribution in [2.24, 2.45) is 5.92 Å². The van der Waals surface area contributed by atoms with E-state index in [1.165, 1.54) is 29.2 Å². The fraction of sp³-hybridized carbons (Fsp3) is 0.516. The molecule has 0 bridgehead atoms. The maximum absolute atomic E-state index is 13.5. The van der Waals surface area contributed by atoms with Crippen LogP contribution in [0.3, 0.4) is 0 Å². The number of anilines is 2. The number of carbonyl (C=O) groups excluding carboxylic acids is 3. The lowest BCUT2D eigenvalue weighted by Crippen LogP contribution is -2.48. The zero-order valence-corrected chi connectivity index (χ0v) is 25.1. The molecule has 2 aliphatic rings. The second kappa shape index (κ2) is 15.1. The van der Waals surface area contributed by atoms with Gasteiger partial charge in [-0.05, 0) is 49.4 Å². The molecule has 43 heavy (non-hydrogen) atoms. The van der Waals surface area contributed by atoms with Gasteiger partial charge in [0.15, 0.2) is 0 Å². The third-order valence-corrected chi connectivity index (χ3v) is 7.86. The number of aliphatic hydroxyl groups excluding tert-OH is 1. The fourth-order valence-electron chi connectivity index (χ4n) is 5.14. The number of hydrogen-bond donors (Lipinski definition) is 3. The Bertz CT molecular complexity index is 1260. The Kier molecular flexibility index (Phi) is 11.3. The molecule has 0 aliphatic carbocycles. The third-order valence-electron chi connectivity index (χ3n) is 7.86. The van der Waals surface area contributed by atoms with Crippen molar-refractivity contribution in [1.82, 2.24) is 14.7 Å². The molecular weight excluding hydrogens is 557 g/mol. The molecule has 2 aromatic carbocycles. The zero-order valence-electron chi connectivity index (χ0n) is 25.1. The van der Waals surface area contributed by atoms with E-state index in [1.54, 1.807) is 37.1 Å². The molecule has 0 aromatic heterocycles. The molecule has 1 fully saturated rings. The van der Waals surface area contributed by atoms with Crippen LogP contribution in [0.1, 0.15) is 25.8 Å². The van der Waals surface area contributed by atoms with Crippen LogP contribution in [-0.2, 0) is 20.7 Å². The van der Waals surface area contributed by atoms with Crippen molar-refractivity contribution in [1.29, 1.82) is 0 Å². The number of amides is 4. The molecule has 0 radical (unpaired) electrons. The van der Waals surface area contributed by atoms with E-state index in [0.29, 0.717) is 55.4 Å². The summed E-state index contributed by atoms with van der Waals surface area (Å²) < 4.78 is 25.1. The summed E-state index contributed by atoms with van der Waals surface area (Å²) >= 11 is 0. The van der Waals surface area contributed by atoms with Gasteiger partial charge in [-0.25, -0.2) is 9.18 Å². The number of ether oxygens (including phenoxy) is 2. The highest BCUT2D eigenvalue weighted by Crippen LogP contribution is 2.29. The van der Waals surface area contributed by atoms with Gasteiger partial charge < -0.3 is 35.0 Å². The zero-order chi connectivity index (χ0) is 30.9. The number of likely N-dealkylation sites (N-methyl/N-ethyl adjacent to an activating group) is 1. The van der Waals surface area contributed by atoms with Crippen molar-refractivity contribution < 1.29 is 33.4 Å². The Balaban J connectivity index is 1.50. The standard InChI is InChI=1S/C31H42FN5O6/c1-21-18-37(22(2)20-38)30(40)17-23-16-26(33-29(39)10-11-36-12-14-42-15-13-36)8-9-27(23)43-28(21)19-35(3)31(41)34-25-6-4-24(32)5-7-25/h4-9,16,21-22,28,38H,10-15,17-20H2,1-3H3,(H,33,39)(H,34,41)/t21-,22-,28-/m1/s1. The fourth-order valence-corrected chi connectivity index (χ4v) is 5.14. The Morgan fingerprint density at radius 1 is 1.12 bits per heavy atom. The van der Waals surface area contributed by atoms with Gasteiger partial charge in [0.2, 0.25) is 11.8 Å². The predicted octanol–water partition coefficient (Wildman–Crippen LogP) is 2.80. The molecule has 11 nitrogen and oxygen atoms in total. The van der Waals surface area contributed by atoms with E-state index in [1.807, 2.05) is 6.92 Å². The largest absolute Gasteiger partial charge is 0.488 e. The summed E-state index contributed by atoms with van der Waals surface area (Å²) in [5.41, 5.74) is 1.62. The predicted molar refractivity (Wildman–Crippen MR) is 161 cm³/mol. The minimum atomic E-state index is -0.504. The van der Waals surface area contributed by atoms with E-state index in [2.05, 4.69) is 15.5 Å². The number of hydrogen-bond acceptors (Lipinski definition) is 7. The molecule has 4 rings (SSSR count). The van der Waals surface area contributed by atoms with Crippen LogP contribution < -0.4 is 15.4 Å². The summed E-state index contributed by atoms with van der Waals surface area (Å²) in [5, 5.41) is 15.6. The molecule has 2 heterocycles. The van der Waals surface area contributed by atoms with E-state index < -0.39 is 24.0 Å². The van der Waals surface area contributed by atoms with Crippen LogP contribution >= 0.6 is 0 Å². The number of nitrogens with one attached hydrogen (secondary N) is 2. The van der Waals surface area contributed by atoms with Crippen LogP contribution in [0.15, 0.2) is 42.5 Å². The number of urea groups is 1. The first-order chi connectivity index (χ1) is 20.6. The molecule has 0 unspecified atom stereocenters. The maximum Gasteiger partial charge on any atom is 0.321 e. The van der Waals surface area contributed by atoms with Crippen LogP contribution in [0.25, 0.3) is 0 Å². The molecule has 3 N–H and O–H groups in total. The quantitative estimate of drug-likeness (QED) is 0.405. The minimum absolute atomic E-state index is 0.0253. The smallest absolute Gasteiger partial charge is 0.321 e. The second-order valence-corrected chi connectivity index (χ2v) is 11.3. The second-order valence-electron chi connectivity index (χ2n) is 11.3. The average molecular weight is 600 g/mol. The summed E-state index contributed by atoms with van der Waals surface area (Å²) in [6.07, 6.45) is -0.145. The summed E-state index contributed by atoms with van der Waals surface area (Å²) in [6, 6.07) is 9.92. The maximum atomic E-state index is 13.5. The van der Waals surface area contributed by atoms with Gasteiger partial charge in [0, 0.05) is 62.5 Å². The first-order valence-corrected chi connectivity index (χ1v) is 14.7. The molecule has 4 amide bonds. The molecule has 0 saturated carbocycles. The number of rotatable bonds is 9. The van der Waals surface area contributed by atoms with E-state index >= 15 is 0 Å². The normalized spacial score (nSPS) is 20.1. The van der Waals surface area contributed by atoms with E-state index in [4.69, 9.17) is 9.47 Å². The van der Waals surface area contributed by atoms with Gasteiger partial charge in [-0.15, -0.1) is 0 Å². The molecule has 234 valence electrons. The lowest BCUT2D eigenvalue weighted by atomic mass is 10.0. The lowest BCUT2D eigenvalue weighted by Gasteiger charge is -2.34. The molecule has 3 atom stereocenters. The van der Waals surface area contributed by atoms with Crippen LogP contribution in [0, 0.1) is 11.7 Å². The third kappa shape index (κ3) is 9.12. The molecule has 12 heteroatoms. The van der Waals surface area contributed by atoms with Gasteiger partial charge in [-0.3, -0.25) is 14.5 Å². The average Bonchev–Trinajstić information content (AvgIpc) is 3.04. The Labute approximate surface area is 251 Å². The topological polar surface area (TPSA) is 124 Å². The highest BCUT2D eigenvalue weighted by Gasteiger charge is 2.32.